The summed E-state index contributed by atoms with van der Waals surface area (Å²) in [6.45, 7) is 6.81. The van der Waals surface area contributed by atoms with E-state index in [1.54, 1.807) is 6.92 Å². The molecule has 1 heterocycles. The van der Waals surface area contributed by atoms with E-state index in [2.05, 4.69) is 15.8 Å². The van der Waals surface area contributed by atoms with Crippen molar-refractivity contribution in [2.75, 3.05) is 13.2 Å². The molecule has 0 radical (unpaired) electrons. The summed E-state index contributed by atoms with van der Waals surface area (Å²) >= 11 is 1.30. The number of benzene rings is 1. The molecule has 7 heteroatoms. The quantitative estimate of drug-likeness (QED) is 0.587. The first-order valence-electron chi connectivity index (χ1n) is 8.17. The highest BCUT2D eigenvalue weighted by molar-refractivity contribution is 7.17. The van der Waals surface area contributed by atoms with E-state index >= 15 is 0 Å². The molecule has 0 saturated carbocycles. The first-order chi connectivity index (χ1) is 12.0. The van der Waals surface area contributed by atoms with Gasteiger partial charge >= 0.3 is 0 Å². The zero-order valence-corrected chi connectivity index (χ0v) is 15.5. The van der Waals surface area contributed by atoms with Crippen LogP contribution >= 0.6 is 11.3 Å². The first-order valence-corrected chi connectivity index (χ1v) is 8.98. The Bertz CT molecular complexity index is 714. The number of aromatic nitrogens is 1. The minimum atomic E-state index is -0.367. The van der Waals surface area contributed by atoms with Crippen LogP contribution in [0.3, 0.4) is 0 Å². The Morgan fingerprint density at radius 3 is 2.60 bits per heavy atom. The Labute approximate surface area is 151 Å². The zero-order chi connectivity index (χ0) is 18.2. The monoisotopic (exact) mass is 361 g/mol. The molecular formula is C18H23N3O3S. The number of thiazole rings is 1. The van der Waals surface area contributed by atoms with Gasteiger partial charge in [-0.3, -0.25) is 20.4 Å². The van der Waals surface area contributed by atoms with E-state index in [9.17, 15) is 9.59 Å². The molecule has 0 spiro atoms. The topological polar surface area (TPSA) is 80.3 Å². The molecule has 1 aromatic carbocycles. The molecule has 0 saturated heterocycles. The summed E-state index contributed by atoms with van der Waals surface area (Å²) in [5.74, 6) is -0.230. The van der Waals surface area contributed by atoms with Gasteiger partial charge in [-0.1, -0.05) is 44.2 Å². The largest absolute Gasteiger partial charge is 0.381 e. The molecule has 0 aliphatic carbocycles. The van der Waals surface area contributed by atoms with Crippen molar-refractivity contribution in [3.05, 3.63) is 40.9 Å². The summed E-state index contributed by atoms with van der Waals surface area (Å²) in [6.07, 6.45) is 0.198. The van der Waals surface area contributed by atoms with Gasteiger partial charge in [-0.2, -0.15) is 0 Å². The minimum Gasteiger partial charge on any atom is -0.381 e. The molecule has 0 atom stereocenters. The van der Waals surface area contributed by atoms with Gasteiger partial charge in [-0.15, -0.1) is 11.3 Å². The molecule has 2 rings (SSSR count). The molecule has 134 valence electrons. The van der Waals surface area contributed by atoms with Crippen molar-refractivity contribution in [2.45, 2.75) is 27.2 Å². The predicted molar refractivity (Wildman–Crippen MR) is 98.2 cm³/mol. The number of nitrogens with one attached hydrogen (secondary N) is 2. The van der Waals surface area contributed by atoms with E-state index in [0.29, 0.717) is 29.7 Å². The van der Waals surface area contributed by atoms with E-state index in [4.69, 9.17) is 4.74 Å². The van der Waals surface area contributed by atoms with Crippen molar-refractivity contribution in [1.29, 1.82) is 0 Å². The van der Waals surface area contributed by atoms with Gasteiger partial charge in [0.25, 0.3) is 5.91 Å². The van der Waals surface area contributed by atoms with Crippen LogP contribution in [0.1, 0.15) is 35.6 Å². The van der Waals surface area contributed by atoms with E-state index in [0.717, 1.165) is 10.6 Å². The fourth-order valence-electron chi connectivity index (χ4n) is 2.04. The third kappa shape index (κ3) is 5.95. The Hall–Kier alpha value is -2.25. The molecule has 0 aliphatic heterocycles. The Kier molecular flexibility index (Phi) is 7.09. The van der Waals surface area contributed by atoms with Crippen LogP contribution in [-0.2, 0) is 9.53 Å². The van der Waals surface area contributed by atoms with Gasteiger partial charge in [0.2, 0.25) is 5.91 Å². The SMILES string of the molecule is Cc1nc(-c2ccccc2)sc1C(=O)NNC(=O)CCOCC(C)C. The molecule has 2 amide bonds. The third-order valence-electron chi connectivity index (χ3n) is 3.26. The van der Waals surface area contributed by atoms with Crippen LogP contribution in [0.5, 0.6) is 0 Å². The van der Waals surface area contributed by atoms with E-state index in [-0.39, 0.29) is 18.2 Å². The number of ether oxygens (including phenoxy) is 1. The van der Waals surface area contributed by atoms with Crippen molar-refractivity contribution < 1.29 is 14.3 Å². The lowest BCUT2D eigenvalue weighted by Gasteiger charge is -2.08. The Balaban J connectivity index is 1.85. The number of hydrazine groups is 1. The molecule has 1 aromatic heterocycles. The maximum atomic E-state index is 12.2. The zero-order valence-electron chi connectivity index (χ0n) is 14.7. The van der Waals surface area contributed by atoms with Crippen LogP contribution in [-0.4, -0.2) is 30.0 Å². The van der Waals surface area contributed by atoms with Crippen molar-refractivity contribution in [1.82, 2.24) is 15.8 Å². The highest BCUT2D eigenvalue weighted by Crippen LogP contribution is 2.27. The lowest BCUT2D eigenvalue weighted by Crippen LogP contribution is -2.41. The number of amides is 2. The average Bonchev–Trinajstić information content (AvgIpc) is 2.99. The van der Waals surface area contributed by atoms with Crippen LogP contribution in [0, 0.1) is 12.8 Å². The first kappa shape index (κ1) is 19.1. The van der Waals surface area contributed by atoms with Gasteiger partial charge in [-0.25, -0.2) is 4.98 Å². The molecule has 6 nitrogen and oxygen atoms in total. The molecule has 0 fully saturated rings. The van der Waals surface area contributed by atoms with Crippen LogP contribution in [0.4, 0.5) is 0 Å². The normalized spacial score (nSPS) is 10.7. The average molecular weight is 361 g/mol. The smallest absolute Gasteiger partial charge is 0.281 e. The van der Waals surface area contributed by atoms with Crippen LogP contribution < -0.4 is 10.9 Å². The second-order valence-corrected chi connectivity index (χ2v) is 7.02. The highest BCUT2D eigenvalue weighted by Gasteiger charge is 2.16. The summed E-state index contributed by atoms with van der Waals surface area (Å²) < 4.78 is 5.35. The molecule has 2 N–H and O–H groups in total. The highest BCUT2D eigenvalue weighted by atomic mass is 32.1. The number of aryl methyl sites for hydroxylation is 1. The lowest BCUT2D eigenvalue weighted by atomic mass is 10.2. The maximum Gasteiger partial charge on any atom is 0.281 e. The van der Waals surface area contributed by atoms with Gasteiger partial charge in [0.1, 0.15) is 9.88 Å². The fraction of sp³-hybridized carbons (Fsp3) is 0.389. The van der Waals surface area contributed by atoms with Crippen LogP contribution in [0.15, 0.2) is 30.3 Å². The fourth-order valence-corrected chi connectivity index (χ4v) is 3.01. The molecule has 25 heavy (non-hydrogen) atoms. The van der Waals surface area contributed by atoms with Crippen LogP contribution in [0.25, 0.3) is 10.6 Å². The van der Waals surface area contributed by atoms with Crippen molar-refractivity contribution >= 4 is 23.2 Å². The number of hydrogen-bond donors (Lipinski definition) is 2. The summed E-state index contributed by atoms with van der Waals surface area (Å²) in [4.78, 5) is 28.9. The van der Waals surface area contributed by atoms with E-state index < -0.39 is 0 Å². The third-order valence-corrected chi connectivity index (χ3v) is 4.47. The second-order valence-electron chi connectivity index (χ2n) is 6.02. The second kappa shape index (κ2) is 9.29. The summed E-state index contributed by atoms with van der Waals surface area (Å²) in [5, 5.41) is 0.775. The number of carbonyl (C=O) groups is 2. The van der Waals surface area contributed by atoms with Gasteiger partial charge in [0.15, 0.2) is 0 Å². The number of hydrogen-bond acceptors (Lipinski definition) is 5. The van der Waals surface area contributed by atoms with Gasteiger partial charge < -0.3 is 4.74 Å². The van der Waals surface area contributed by atoms with Crippen molar-refractivity contribution in [3.8, 4) is 10.6 Å². The van der Waals surface area contributed by atoms with Crippen molar-refractivity contribution in [2.24, 2.45) is 5.92 Å². The van der Waals surface area contributed by atoms with Gasteiger partial charge in [0.05, 0.1) is 18.7 Å². The number of rotatable bonds is 7. The summed E-state index contributed by atoms with van der Waals surface area (Å²) in [6, 6.07) is 9.66. The summed E-state index contributed by atoms with van der Waals surface area (Å²) in [5.41, 5.74) is 6.43. The van der Waals surface area contributed by atoms with Crippen LogP contribution in [0.2, 0.25) is 0 Å². The number of carbonyl (C=O) groups excluding carboxylic acids is 2. The standard InChI is InChI=1S/C18H23N3O3S/c1-12(2)11-24-10-9-15(22)20-21-17(23)16-13(3)19-18(25-16)14-7-5-4-6-8-14/h4-8,12H,9-11H2,1-3H3,(H,20,22)(H,21,23). The number of nitrogens with zero attached hydrogens (tertiary/aromatic N) is 1. The minimum absolute atomic E-state index is 0.198. The maximum absolute atomic E-state index is 12.2. The molecular weight excluding hydrogens is 338 g/mol. The Morgan fingerprint density at radius 1 is 1.20 bits per heavy atom. The van der Waals surface area contributed by atoms with Gasteiger partial charge in [0, 0.05) is 12.2 Å². The summed E-state index contributed by atoms with van der Waals surface area (Å²) in [7, 11) is 0. The van der Waals surface area contributed by atoms with Gasteiger partial charge in [-0.05, 0) is 12.8 Å². The molecule has 0 unspecified atom stereocenters. The Morgan fingerprint density at radius 2 is 1.92 bits per heavy atom. The predicted octanol–water partition coefficient (Wildman–Crippen LogP) is 2.94. The molecule has 0 bridgehead atoms. The van der Waals surface area contributed by atoms with Crippen molar-refractivity contribution in [3.63, 3.8) is 0 Å². The molecule has 0 aliphatic rings. The van der Waals surface area contributed by atoms with E-state index in [1.165, 1.54) is 11.3 Å². The van der Waals surface area contributed by atoms with E-state index in [1.807, 2.05) is 44.2 Å². The lowest BCUT2D eigenvalue weighted by molar-refractivity contribution is -0.123. The molecule has 2 aromatic rings.